The Bertz CT molecular complexity index is 538. The molecule has 1 atom stereocenters. The first-order valence-electron chi connectivity index (χ1n) is 9.47. The minimum atomic E-state index is 0.127. The van der Waals surface area contributed by atoms with Gasteiger partial charge in [0, 0.05) is 13.1 Å². The van der Waals surface area contributed by atoms with Crippen LogP contribution in [0.1, 0.15) is 55.3 Å². The van der Waals surface area contributed by atoms with Gasteiger partial charge >= 0.3 is 0 Å². The smallest absolute Gasteiger partial charge is 0.257 e. The van der Waals surface area contributed by atoms with Crippen molar-refractivity contribution in [3.8, 4) is 5.75 Å². The van der Waals surface area contributed by atoms with Gasteiger partial charge in [0.1, 0.15) is 5.75 Å². The van der Waals surface area contributed by atoms with Gasteiger partial charge in [-0.2, -0.15) is 0 Å². The lowest BCUT2D eigenvalue weighted by atomic mass is 9.97. The minimum absolute atomic E-state index is 0.127. The van der Waals surface area contributed by atoms with Crippen LogP contribution in [0.25, 0.3) is 0 Å². The lowest BCUT2D eigenvalue weighted by Crippen LogP contribution is -2.42. The van der Waals surface area contributed by atoms with Crippen LogP contribution < -0.4 is 10.1 Å². The molecule has 1 heterocycles. The predicted molar refractivity (Wildman–Crippen MR) is 96.5 cm³/mol. The molecular formula is C20H30N2O2. The number of nitrogens with zero attached hydrogens (tertiary/aromatic N) is 1. The standard InChI is InChI=1S/C20H30N2O2/c1-21-14-16-8-7-13-22(15-16)20(23)18-11-5-6-12-19(18)24-17-9-3-2-4-10-17/h5-6,11-12,16-17,21H,2-4,7-10,13-15H2,1H3/t16-/m0/s1. The summed E-state index contributed by atoms with van der Waals surface area (Å²) in [6, 6.07) is 7.78. The van der Waals surface area contributed by atoms with Gasteiger partial charge in [-0.15, -0.1) is 0 Å². The maximum Gasteiger partial charge on any atom is 0.257 e. The zero-order valence-corrected chi connectivity index (χ0v) is 14.8. The quantitative estimate of drug-likeness (QED) is 0.899. The average Bonchev–Trinajstić information content (AvgIpc) is 2.63. The number of piperidine rings is 1. The summed E-state index contributed by atoms with van der Waals surface area (Å²) in [4.78, 5) is 15.0. The lowest BCUT2D eigenvalue weighted by molar-refractivity contribution is 0.0664. The van der Waals surface area contributed by atoms with Crippen molar-refractivity contribution in [2.24, 2.45) is 5.92 Å². The van der Waals surface area contributed by atoms with Crippen molar-refractivity contribution >= 4 is 5.91 Å². The molecule has 0 spiro atoms. The molecule has 0 bridgehead atoms. The number of hydrogen-bond donors (Lipinski definition) is 1. The zero-order valence-electron chi connectivity index (χ0n) is 14.8. The molecule has 0 aromatic heterocycles. The SMILES string of the molecule is CNC[C@@H]1CCCN(C(=O)c2ccccc2OC2CCCCC2)C1. The molecule has 0 unspecified atom stereocenters. The molecule has 1 aliphatic carbocycles. The van der Waals surface area contributed by atoms with Crippen LogP contribution in [-0.4, -0.2) is 43.6 Å². The van der Waals surface area contributed by atoms with Crippen molar-refractivity contribution in [3.05, 3.63) is 29.8 Å². The number of carbonyl (C=O) groups is 1. The van der Waals surface area contributed by atoms with Crippen molar-refractivity contribution in [1.82, 2.24) is 10.2 Å². The summed E-state index contributed by atoms with van der Waals surface area (Å²) in [5, 5.41) is 3.24. The highest BCUT2D eigenvalue weighted by Crippen LogP contribution is 2.28. The van der Waals surface area contributed by atoms with Crippen molar-refractivity contribution in [3.63, 3.8) is 0 Å². The summed E-state index contributed by atoms with van der Waals surface area (Å²) in [5.74, 6) is 1.45. The second-order valence-corrected chi connectivity index (χ2v) is 7.19. The molecule has 2 aliphatic rings. The van der Waals surface area contributed by atoms with E-state index in [-0.39, 0.29) is 12.0 Å². The average molecular weight is 330 g/mol. The number of carbonyl (C=O) groups excluding carboxylic acids is 1. The summed E-state index contributed by atoms with van der Waals surface area (Å²) in [5.41, 5.74) is 0.730. The molecule has 4 nitrogen and oxygen atoms in total. The van der Waals surface area contributed by atoms with Gasteiger partial charge in [-0.25, -0.2) is 0 Å². The van der Waals surface area contributed by atoms with Gasteiger partial charge in [-0.3, -0.25) is 4.79 Å². The van der Waals surface area contributed by atoms with Gasteiger partial charge < -0.3 is 15.0 Å². The zero-order chi connectivity index (χ0) is 16.8. The number of ether oxygens (including phenoxy) is 1. The summed E-state index contributed by atoms with van der Waals surface area (Å²) in [6.07, 6.45) is 8.55. The number of likely N-dealkylation sites (tertiary alicyclic amines) is 1. The van der Waals surface area contributed by atoms with E-state index in [1.807, 2.05) is 36.2 Å². The van der Waals surface area contributed by atoms with E-state index in [1.54, 1.807) is 0 Å². The Morgan fingerprint density at radius 1 is 1.17 bits per heavy atom. The molecular weight excluding hydrogens is 300 g/mol. The number of rotatable bonds is 5. The molecule has 1 saturated heterocycles. The second kappa shape index (κ2) is 8.52. The molecule has 1 aromatic rings. The van der Waals surface area contributed by atoms with Crippen molar-refractivity contribution in [2.75, 3.05) is 26.7 Å². The highest BCUT2D eigenvalue weighted by atomic mass is 16.5. The van der Waals surface area contributed by atoms with Crippen LogP contribution in [0.4, 0.5) is 0 Å². The molecule has 24 heavy (non-hydrogen) atoms. The molecule has 1 aliphatic heterocycles. The lowest BCUT2D eigenvalue weighted by Gasteiger charge is -2.33. The molecule has 1 amide bonds. The highest BCUT2D eigenvalue weighted by molar-refractivity contribution is 5.97. The third-order valence-corrected chi connectivity index (χ3v) is 5.26. The fourth-order valence-corrected chi connectivity index (χ4v) is 3.98. The van der Waals surface area contributed by atoms with E-state index in [4.69, 9.17) is 4.74 Å². The Hall–Kier alpha value is -1.55. The van der Waals surface area contributed by atoms with Crippen LogP contribution in [0.2, 0.25) is 0 Å². The number of nitrogens with one attached hydrogen (secondary N) is 1. The van der Waals surface area contributed by atoms with E-state index in [1.165, 1.54) is 25.7 Å². The van der Waals surface area contributed by atoms with E-state index in [0.717, 1.165) is 50.2 Å². The Kier molecular flexibility index (Phi) is 6.13. The van der Waals surface area contributed by atoms with E-state index >= 15 is 0 Å². The van der Waals surface area contributed by atoms with Gasteiger partial charge in [0.05, 0.1) is 11.7 Å². The molecule has 4 heteroatoms. The van der Waals surface area contributed by atoms with Gasteiger partial charge in [0.25, 0.3) is 5.91 Å². The third-order valence-electron chi connectivity index (χ3n) is 5.26. The van der Waals surface area contributed by atoms with E-state index < -0.39 is 0 Å². The molecule has 1 aromatic carbocycles. The van der Waals surface area contributed by atoms with Crippen LogP contribution in [-0.2, 0) is 0 Å². The van der Waals surface area contributed by atoms with Crippen LogP contribution in [0, 0.1) is 5.92 Å². The number of hydrogen-bond acceptors (Lipinski definition) is 3. The van der Waals surface area contributed by atoms with Crippen LogP contribution in [0.3, 0.4) is 0 Å². The van der Waals surface area contributed by atoms with Crippen LogP contribution in [0.15, 0.2) is 24.3 Å². The largest absolute Gasteiger partial charge is 0.490 e. The molecule has 132 valence electrons. The van der Waals surface area contributed by atoms with Gasteiger partial charge in [-0.1, -0.05) is 18.6 Å². The maximum atomic E-state index is 13.0. The van der Waals surface area contributed by atoms with E-state index in [2.05, 4.69) is 5.32 Å². The van der Waals surface area contributed by atoms with Crippen LogP contribution >= 0.6 is 0 Å². The number of benzene rings is 1. The molecule has 3 rings (SSSR count). The fourth-order valence-electron chi connectivity index (χ4n) is 3.98. The predicted octanol–water partition coefficient (Wildman–Crippen LogP) is 3.47. The summed E-state index contributed by atoms with van der Waals surface area (Å²) >= 11 is 0. The Labute approximate surface area is 145 Å². The van der Waals surface area contributed by atoms with Crippen molar-refractivity contribution < 1.29 is 9.53 Å². The van der Waals surface area contributed by atoms with Crippen molar-refractivity contribution in [1.29, 1.82) is 0 Å². The Morgan fingerprint density at radius 2 is 1.96 bits per heavy atom. The number of para-hydroxylation sites is 1. The normalized spacial score (nSPS) is 22.4. The van der Waals surface area contributed by atoms with Crippen molar-refractivity contribution in [2.45, 2.75) is 51.0 Å². The molecule has 0 radical (unpaired) electrons. The minimum Gasteiger partial charge on any atom is -0.490 e. The van der Waals surface area contributed by atoms with Gasteiger partial charge in [0.2, 0.25) is 0 Å². The van der Waals surface area contributed by atoms with Gasteiger partial charge in [-0.05, 0) is 70.2 Å². The summed E-state index contributed by atoms with van der Waals surface area (Å²) in [6.45, 7) is 2.68. The topological polar surface area (TPSA) is 41.6 Å². The first-order valence-corrected chi connectivity index (χ1v) is 9.47. The maximum absolute atomic E-state index is 13.0. The number of amides is 1. The third kappa shape index (κ3) is 4.29. The summed E-state index contributed by atoms with van der Waals surface area (Å²) in [7, 11) is 1.98. The molecule has 2 fully saturated rings. The first kappa shape index (κ1) is 17.3. The second-order valence-electron chi connectivity index (χ2n) is 7.19. The van der Waals surface area contributed by atoms with E-state index in [9.17, 15) is 4.79 Å². The van der Waals surface area contributed by atoms with E-state index in [0.29, 0.717) is 5.92 Å². The Balaban J connectivity index is 1.69. The van der Waals surface area contributed by atoms with Crippen LogP contribution in [0.5, 0.6) is 5.75 Å². The highest BCUT2D eigenvalue weighted by Gasteiger charge is 2.26. The Morgan fingerprint density at radius 3 is 2.75 bits per heavy atom. The van der Waals surface area contributed by atoms with Gasteiger partial charge in [0.15, 0.2) is 0 Å². The summed E-state index contributed by atoms with van der Waals surface area (Å²) < 4.78 is 6.21. The monoisotopic (exact) mass is 330 g/mol. The fraction of sp³-hybridized carbons (Fsp3) is 0.650. The molecule has 1 N–H and O–H groups in total. The first-order chi connectivity index (χ1) is 11.8. The molecule has 1 saturated carbocycles.